The van der Waals surface area contributed by atoms with E-state index in [9.17, 15) is 19.3 Å². The lowest BCUT2D eigenvalue weighted by Gasteiger charge is -2.04. The smallest absolute Gasteiger partial charge is 0.291 e. The maximum atomic E-state index is 13.1. The van der Waals surface area contributed by atoms with Gasteiger partial charge in [0.15, 0.2) is 0 Å². The molecule has 1 aromatic heterocycles. The number of rotatable bonds is 3. The summed E-state index contributed by atoms with van der Waals surface area (Å²) in [7, 11) is 1.57. The van der Waals surface area contributed by atoms with Gasteiger partial charge in [0.1, 0.15) is 6.33 Å². The number of nitro groups is 1. The summed E-state index contributed by atoms with van der Waals surface area (Å²) in [6.07, 6.45) is 1.24. The fraction of sp³-hybridized carbons (Fsp3) is 0.100. The number of aryl methyl sites for hydroxylation is 1. The molecule has 1 amide bonds. The molecule has 0 saturated carbocycles. The Morgan fingerprint density at radius 2 is 2.26 bits per heavy atom. The maximum absolute atomic E-state index is 13.1. The molecule has 0 aliphatic carbocycles. The Kier molecular flexibility index (Phi) is 3.19. The highest BCUT2D eigenvalue weighted by Crippen LogP contribution is 2.19. The monoisotopic (exact) mass is 265 g/mol. The molecule has 0 aliphatic heterocycles. The molecule has 1 heterocycles. The number of anilines is 1. The first kappa shape index (κ1) is 12.6. The fourth-order valence-corrected chi connectivity index (χ4v) is 1.38. The van der Waals surface area contributed by atoms with Crippen molar-refractivity contribution in [3.05, 3.63) is 46.0 Å². The quantitative estimate of drug-likeness (QED) is 0.661. The highest BCUT2D eigenvalue weighted by molar-refractivity contribution is 6.03. The highest BCUT2D eigenvalue weighted by atomic mass is 19.1. The van der Waals surface area contributed by atoms with Crippen LogP contribution in [0.1, 0.15) is 10.4 Å². The number of nitro benzene ring substituents is 1. The number of nitrogens with zero attached hydrogens (tertiary/aromatic N) is 4. The second-order valence-electron chi connectivity index (χ2n) is 3.58. The Bertz CT molecular complexity index is 654. The largest absolute Gasteiger partial charge is 0.305 e. The van der Waals surface area contributed by atoms with Crippen LogP contribution in [0.4, 0.5) is 16.0 Å². The van der Waals surface area contributed by atoms with Gasteiger partial charge in [0.25, 0.3) is 5.91 Å². The van der Waals surface area contributed by atoms with Crippen LogP contribution in [0.5, 0.6) is 0 Å². The molecule has 1 aromatic carbocycles. The first-order chi connectivity index (χ1) is 8.99. The van der Waals surface area contributed by atoms with Gasteiger partial charge in [0, 0.05) is 18.7 Å². The van der Waals surface area contributed by atoms with E-state index in [2.05, 4.69) is 15.4 Å². The summed E-state index contributed by atoms with van der Waals surface area (Å²) in [5.74, 6) is -1.46. The molecule has 2 rings (SSSR count). The van der Waals surface area contributed by atoms with Crippen LogP contribution in [0, 0.1) is 15.9 Å². The second kappa shape index (κ2) is 4.80. The first-order valence-corrected chi connectivity index (χ1v) is 5.08. The first-order valence-electron chi connectivity index (χ1n) is 5.08. The molecule has 0 radical (unpaired) electrons. The lowest BCUT2D eigenvalue weighted by molar-refractivity contribution is -0.387. The zero-order chi connectivity index (χ0) is 14.0. The molecule has 9 heteroatoms. The van der Waals surface area contributed by atoms with E-state index in [-0.39, 0.29) is 11.5 Å². The van der Waals surface area contributed by atoms with Crippen LogP contribution in [0.3, 0.4) is 0 Å². The number of nitrogens with one attached hydrogen (secondary N) is 1. The predicted octanol–water partition coefficient (Wildman–Crippen LogP) is 1.11. The van der Waals surface area contributed by atoms with Crippen molar-refractivity contribution < 1.29 is 14.1 Å². The van der Waals surface area contributed by atoms with E-state index < -0.39 is 22.3 Å². The molecule has 19 heavy (non-hydrogen) atoms. The number of carbonyl (C=O) groups excluding carboxylic acids is 1. The molecule has 2 aromatic rings. The predicted molar refractivity (Wildman–Crippen MR) is 62.0 cm³/mol. The zero-order valence-corrected chi connectivity index (χ0v) is 9.70. The van der Waals surface area contributed by atoms with Gasteiger partial charge in [-0.25, -0.2) is 4.68 Å². The van der Waals surface area contributed by atoms with E-state index in [0.717, 1.165) is 18.2 Å². The molecule has 1 N–H and O–H groups in total. The van der Waals surface area contributed by atoms with E-state index in [1.54, 1.807) is 7.05 Å². The molecule has 0 spiro atoms. The Morgan fingerprint density at radius 1 is 1.53 bits per heavy atom. The van der Waals surface area contributed by atoms with Crippen molar-refractivity contribution >= 4 is 17.5 Å². The van der Waals surface area contributed by atoms with Gasteiger partial charge in [0.2, 0.25) is 11.8 Å². The van der Waals surface area contributed by atoms with Crippen LogP contribution in [0.25, 0.3) is 0 Å². The summed E-state index contributed by atoms with van der Waals surface area (Å²) in [6.45, 7) is 0. The van der Waals surface area contributed by atoms with Gasteiger partial charge in [-0.2, -0.15) is 14.5 Å². The minimum Gasteiger partial charge on any atom is -0.291 e. The van der Waals surface area contributed by atoms with Crippen LogP contribution in [0.2, 0.25) is 0 Å². The molecule has 0 aliphatic rings. The Balaban J connectivity index is 2.27. The van der Waals surface area contributed by atoms with Crippen molar-refractivity contribution in [2.45, 2.75) is 0 Å². The minimum atomic E-state index is -1.000. The molecule has 0 bridgehead atoms. The van der Waals surface area contributed by atoms with Gasteiger partial charge in [-0.1, -0.05) is 0 Å². The SMILES string of the molecule is Cn1ncnc1NC(=O)c1ccc(F)c([N+](=O)[O-])c1. The summed E-state index contributed by atoms with van der Waals surface area (Å²) in [6, 6.07) is 2.87. The average molecular weight is 265 g/mol. The summed E-state index contributed by atoms with van der Waals surface area (Å²) < 4.78 is 14.4. The molecule has 0 saturated heterocycles. The van der Waals surface area contributed by atoms with Crippen LogP contribution in [-0.4, -0.2) is 25.6 Å². The van der Waals surface area contributed by atoms with Gasteiger partial charge in [-0.3, -0.25) is 20.2 Å². The van der Waals surface area contributed by atoms with E-state index in [1.165, 1.54) is 11.0 Å². The standard InChI is InChI=1S/C10H8FN5O3/c1-15-10(12-5-13-15)14-9(17)6-2-3-7(11)8(4-6)16(18)19/h2-5H,1H3,(H,12,13,14,17). The van der Waals surface area contributed by atoms with E-state index in [4.69, 9.17) is 0 Å². The van der Waals surface area contributed by atoms with Gasteiger partial charge in [0.05, 0.1) is 4.92 Å². The Hall–Kier alpha value is -2.84. The molecule has 0 unspecified atom stereocenters. The third-order valence-electron chi connectivity index (χ3n) is 2.34. The van der Waals surface area contributed by atoms with E-state index in [0.29, 0.717) is 0 Å². The number of aromatic nitrogens is 3. The second-order valence-corrected chi connectivity index (χ2v) is 3.58. The third kappa shape index (κ3) is 2.54. The van der Waals surface area contributed by atoms with Crippen LogP contribution in [0.15, 0.2) is 24.5 Å². The van der Waals surface area contributed by atoms with Crippen molar-refractivity contribution in [2.75, 3.05) is 5.32 Å². The molecule has 8 nitrogen and oxygen atoms in total. The van der Waals surface area contributed by atoms with E-state index in [1.807, 2.05) is 0 Å². The summed E-state index contributed by atoms with van der Waals surface area (Å²) in [5.41, 5.74) is -0.804. The Labute approximate surface area is 106 Å². The molecule has 98 valence electrons. The normalized spacial score (nSPS) is 10.2. The topological polar surface area (TPSA) is 103 Å². The van der Waals surface area contributed by atoms with Crippen LogP contribution >= 0.6 is 0 Å². The van der Waals surface area contributed by atoms with Crippen molar-refractivity contribution in [3.63, 3.8) is 0 Å². The van der Waals surface area contributed by atoms with Crippen molar-refractivity contribution in [1.29, 1.82) is 0 Å². The zero-order valence-electron chi connectivity index (χ0n) is 9.70. The summed E-state index contributed by atoms with van der Waals surface area (Å²) in [4.78, 5) is 25.3. The summed E-state index contributed by atoms with van der Waals surface area (Å²) >= 11 is 0. The fourth-order valence-electron chi connectivity index (χ4n) is 1.38. The molecular weight excluding hydrogens is 257 g/mol. The van der Waals surface area contributed by atoms with Gasteiger partial charge in [-0.05, 0) is 12.1 Å². The lowest BCUT2D eigenvalue weighted by Crippen LogP contribution is -2.15. The van der Waals surface area contributed by atoms with Gasteiger partial charge >= 0.3 is 5.69 Å². The van der Waals surface area contributed by atoms with Crippen LogP contribution < -0.4 is 5.32 Å². The number of halogens is 1. The molecule has 0 atom stereocenters. The number of benzene rings is 1. The minimum absolute atomic E-state index is 0.0453. The average Bonchev–Trinajstić information content (AvgIpc) is 2.75. The molecular formula is C10H8FN5O3. The highest BCUT2D eigenvalue weighted by Gasteiger charge is 2.18. The van der Waals surface area contributed by atoms with Crippen molar-refractivity contribution in [2.24, 2.45) is 7.05 Å². The van der Waals surface area contributed by atoms with Crippen molar-refractivity contribution in [1.82, 2.24) is 14.8 Å². The van der Waals surface area contributed by atoms with Crippen LogP contribution in [-0.2, 0) is 7.05 Å². The summed E-state index contributed by atoms with van der Waals surface area (Å²) in [5, 5.41) is 16.7. The number of hydrogen-bond acceptors (Lipinski definition) is 5. The van der Waals surface area contributed by atoms with Crippen molar-refractivity contribution in [3.8, 4) is 0 Å². The number of amides is 1. The Morgan fingerprint density at radius 3 is 2.84 bits per heavy atom. The van der Waals surface area contributed by atoms with Gasteiger partial charge < -0.3 is 0 Å². The van der Waals surface area contributed by atoms with Gasteiger partial charge in [-0.15, -0.1) is 0 Å². The lowest BCUT2D eigenvalue weighted by atomic mass is 10.2. The number of carbonyl (C=O) groups is 1. The van der Waals surface area contributed by atoms with E-state index >= 15 is 0 Å². The maximum Gasteiger partial charge on any atom is 0.305 e. The third-order valence-corrected chi connectivity index (χ3v) is 2.34. The number of hydrogen-bond donors (Lipinski definition) is 1. The molecule has 0 fully saturated rings.